The van der Waals surface area contributed by atoms with Gasteiger partial charge >= 0.3 is 0 Å². The molecule has 0 radical (unpaired) electrons. The predicted octanol–water partition coefficient (Wildman–Crippen LogP) is 4.76. The highest BCUT2D eigenvalue weighted by atomic mass is 16.1. The van der Waals surface area contributed by atoms with Crippen LogP contribution in [0.1, 0.15) is 65.7 Å². The molecule has 0 bridgehead atoms. The molecule has 0 saturated heterocycles. The maximum atomic E-state index is 12.6. The second kappa shape index (κ2) is 5.07. The second-order valence-corrected chi connectivity index (χ2v) is 7.48. The number of Topliss-reactive ketones (excluding diaryl/α,β-unsaturated/α-hetero) is 1. The van der Waals surface area contributed by atoms with E-state index in [9.17, 15) is 4.79 Å². The minimum atomic E-state index is 0.363. The Labute approximate surface area is 117 Å². The third-order valence-electron chi connectivity index (χ3n) is 6.29. The molecule has 3 rings (SSSR count). The Morgan fingerprint density at radius 2 is 1.74 bits per heavy atom. The van der Waals surface area contributed by atoms with Crippen molar-refractivity contribution in [2.24, 2.45) is 29.6 Å². The van der Waals surface area contributed by atoms with Gasteiger partial charge in [0.15, 0.2) is 5.78 Å². The molecule has 106 valence electrons. The first-order valence-electron chi connectivity index (χ1n) is 8.28. The molecule has 0 aromatic carbocycles. The zero-order chi connectivity index (χ0) is 13.6. The minimum absolute atomic E-state index is 0.363. The smallest absolute Gasteiger partial charge is 0.161 e. The molecule has 0 aliphatic heterocycles. The third-order valence-corrected chi connectivity index (χ3v) is 6.29. The van der Waals surface area contributed by atoms with Gasteiger partial charge in [0, 0.05) is 5.92 Å². The molecule has 3 aliphatic carbocycles. The first-order chi connectivity index (χ1) is 9.08. The van der Waals surface area contributed by atoms with Gasteiger partial charge in [-0.2, -0.15) is 0 Å². The lowest BCUT2D eigenvalue weighted by Crippen LogP contribution is -2.40. The van der Waals surface area contributed by atoms with Crippen molar-refractivity contribution in [3.63, 3.8) is 0 Å². The Kier molecular flexibility index (Phi) is 3.57. The maximum Gasteiger partial charge on any atom is 0.161 e. The summed E-state index contributed by atoms with van der Waals surface area (Å²) in [4.78, 5) is 12.6. The van der Waals surface area contributed by atoms with Crippen LogP contribution < -0.4 is 0 Å². The highest BCUT2D eigenvalue weighted by Gasteiger charge is 2.44. The summed E-state index contributed by atoms with van der Waals surface area (Å²) in [6, 6.07) is 0. The van der Waals surface area contributed by atoms with Gasteiger partial charge in [0.25, 0.3) is 0 Å². The molecule has 5 atom stereocenters. The molecule has 3 aliphatic rings. The molecule has 5 unspecified atom stereocenters. The predicted molar refractivity (Wildman–Crippen MR) is 78.8 cm³/mol. The molecule has 0 spiro atoms. The fraction of sp³-hybridized carbons (Fsp3) is 0.833. The number of ketones is 1. The molecule has 0 N–H and O–H groups in total. The second-order valence-electron chi connectivity index (χ2n) is 7.48. The highest BCUT2D eigenvalue weighted by molar-refractivity contribution is 5.98. The van der Waals surface area contributed by atoms with Gasteiger partial charge in [-0.15, -0.1) is 0 Å². The zero-order valence-corrected chi connectivity index (χ0v) is 12.7. The van der Waals surface area contributed by atoms with E-state index in [1.807, 2.05) is 0 Å². The van der Waals surface area contributed by atoms with Crippen LogP contribution in [0.15, 0.2) is 11.1 Å². The van der Waals surface area contributed by atoms with Crippen molar-refractivity contribution in [3.05, 3.63) is 11.1 Å². The monoisotopic (exact) mass is 260 g/mol. The van der Waals surface area contributed by atoms with Crippen LogP contribution in [0, 0.1) is 29.6 Å². The van der Waals surface area contributed by atoms with E-state index in [4.69, 9.17) is 0 Å². The van der Waals surface area contributed by atoms with Crippen LogP contribution in [0.3, 0.4) is 0 Å². The number of carbonyl (C=O) groups is 1. The van der Waals surface area contributed by atoms with Gasteiger partial charge < -0.3 is 0 Å². The third kappa shape index (κ3) is 2.53. The average molecular weight is 260 g/mol. The van der Waals surface area contributed by atoms with E-state index < -0.39 is 0 Å². The Morgan fingerprint density at radius 1 is 1.00 bits per heavy atom. The zero-order valence-electron chi connectivity index (χ0n) is 12.7. The first kappa shape index (κ1) is 13.4. The van der Waals surface area contributed by atoms with E-state index >= 15 is 0 Å². The number of fused-ring (bicyclic) bond motifs is 2. The van der Waals surface area contributed by atoms with Crippen molar-refractivity contribution < 1.29 is 4.79 Å². The van der Waals surface area contributed by atoms with Gasteiger partial charge in [0.2, 0.25) is 0 Å². The molecule has 19 heavy (non-hydrogen) atoms. The van der Waals surface area contributed by atoms with E-state index in [1.165, 1.54) is 37.7 Å². The van der Waals surface area contributed by atoms with Crippen molar-refractivity contribution in [1.82, 2.24) is 0 Å². The van der Waals surface area contributed by atoms with Gasteiger partial charge in [-0.3, -0.25) is 4.79 Å². The van der Waals surface area contributed by atoms with E-state index in [1.54, 1.807) is 0 Å². The Bertz CT molecular complexity index is 406. The lowest BCUT2D eigenvalue weighted by atomic mass is 9.61. The molecule has 0 aromatic heterocycles. The molecule has 2 saturated carbocycles. The number of allylic oxidation sites excluding steroid dienone is 2. The summed E-state index contributed by atoms with van der Waals surface area (Å²) in [5.41, 5.74) is 2.45. The van der Waals surface area contributed by atoms with Crippen LogP contribution in [0.5, 0.6) is 0 Å². The van der Waals surface area contributed by atoms with E-state index in [-0.39, 0.29) is 0 Å². The molecule has 1 heteroatoms. The SMILES string of the molecule is C/C1=C(\C)C(=O)C2CC(C)C2CCC2CC2CCC1. The van der Waals surface area contributed by atoms with Crippen LogP contribution in [0.25, 0.3) is 0 Å². The lowest BCUT2D eigenvalue weighted by molar-refractivity contribution is -0.127. The summed E-state index contributed by atoms with van der Waals surface area (Å²) in [5, 5.41) is 0. The molecule has 0 aromatic rings. The van der Waals surface area contributed by atoms with Gasteiger partial charge in [0.05, 0.1) is 0 Å². The fourth-order valence-corrected chi connectivity index (χ4v) is 4.47. The molecular weight excluding hydrogens is 232 g/mol. The van der Waals surface area contributed by atoms with Crippen molar-refractivity contribution in [3.8, 4) is 0 Å². The summed E-state index contributed by atoms with van der Waals surface area (Å²) in [7, 11) is 0. The van der Waals surface area contributed by atoms with Crippen LogP contribution in [-0.4, -0.2) is 5.78 Å². The van der Waals surface area contributed by atoms with E-state index in [0.717, 1.165) is 36.2 Å². The van der Waals surface area contributed by atoms with Crippen molar-refractivity contribution in [1.29, 1.82) is 0 Å². The van der Waals surface area contributed by atoms with E-state index in [0.29, 0.717) is 17.6 Å². The summed E-state index contributed by atoms with van der Waals surface area (Å²) in [6.45, 7) is 6.60. The Balaban J connectivity index is 1.77. The molecular formula is C18H28O. The Hall–Kier alpha value is -0.590. The Morgan fingerprint density at radius 3 is 2.47 bits per heavy atom. The topological polar surface area (TPSA) is 17.1 Å². The molecule has 2 fully saturated rings. The van der Waals surface area contributed by atoms with E-state index in [2.05, 4.69) is 20.8 Å². The number of carbonyl (C=O) groups excluding carboxylic acids is 1. The molecule has 1 nitrogen and oxygen atoms in total. The van der Waals surface area contributed by atoms with Crippen LogP contribution in [0.2, 0.25) is 0 Å². The summed E-state index contributed by atoms with van der Waals surface area (Å²) in [6.07, 6.45) is 9.16. The fourth-order valence-electron chi connectivity index (χ4n) is 4.47. The summed E-state index contributed by atoms with van der Waals surface area (Å²) >= 11 is 0. The normalized spacial score (nSPS) is 47.3. The van der Waals surface area contributed by atoms with Crippen LogP contribution in [0.4, 0.5) is 0 Å². The average Bonchev–Trinajstić information content (AvgIpc) is 3.11. The standard InChI is InChI=1S/C18H28O/c1-11-5-4-6-14-10-15(14)7-8-16-12(2)9-17(16)18(19)13(11)3/h12,14-17H,4-10H2,1-3H3/b13-11-. The highest BCUT2D eigenvalue weighted by Crippen LogP contribution is 2.51. The molecule has 0 amide bonds. The minimum Gasteiger partial charge on any atom is -0.294 e. The number of hydrogen-bond acceptors (Lipinski definition) is 1. The largest absolute Gasteiger partial charge is 0.294 e. The quantitative estimate of drug-likeness (QED) is 0.613. The lowest BCUT2D eigenvalue weighted by Gasteiger charge is -2.43. The molecule has 0 heterocycles. The maximum absolute atomic E-state index is 12.6. The first-order valence-corrected chi connectivity index (χ1v) is 8.28. The van der Waals surface area contributed by atoms with Crippen LogP contribution >= 0.6 is 0 Å². The number of hydrogen-bond donors (Lipinski definition) is 0. The van der Waals surface area contributed by atoms with Crippen molar-refractivity contribution in [2.45, 2.75) is 65.7 Å². The summed E-state index contributed by atoms with van der Waals surface area (Å²) in [5.74, 6) is 4.35. The number of rotatable bonds is 0. The van der Waals surface area contributed by atoms with Gasteiger partial charge in [-0.1, -0.05) is 12.5 Å². The van der Waals surface area contributed by atoms with Gasteiger partial charge in [-0.25, -0.2) is 0 Å². The van der Waals surface area contributed by atoms with Crippen LogP contribution in [-0.2, 0) is 4.79 Å². The van der Waals surface area contributed by atoms with Crippen molar-refractivity contribution in [2.75, 3.05) is 0 Å². The van der Waals surface area contributed by atoms with Gasteiger partial charge in [-0.05, 0) is 88.0 Å². The van der Waals surface area contributed by atoms with Gasteiger partial charge in [0.1, 0.15) is 0 Å². The van der Waals surface area contributed by atoms with Crippen molar-refractivity contribution >= 4 is 5.78 Å². The summed E-state index contributed by atoms with van der Waals surface area (Å²) < 4.78 is 0.